The highest BCUT2D eigenvalue weighted by Gasteiger charge is 2.30. The van der Waals surface area contributed by atoms with E-state index in [1.165, 1.54) is 64.9 Å². The van der Waals surface area contributed by atoms with Crippen molar-refractivity contribution in [1.29, 1.82) is 0 Å². The van der Waals surface area contributed by atoms with Crippen molar-refractivity contribution >= 4 is 0 Å². The van der Waals surface area contributed by atoms with Gasteiger partial charge in [-0.2, -0.15) is 13.2 Å². The van der Waals surface area contributed by atoms with E-state index in [1.807, 2.05) is 0 Å². The summed E-state index contributed by atoms with van der Waals surface area (Å²) in [6.07, 6.45) is 7.25. The second-order valence-electron chi connectivity index (χ2n) is 7.52. The summed E-state index contributed by atoms with van der Waals surface area (Å²) in [5.41, 5.74) is 0.106. The monoisotopic (exact) mass is 418 g/mol. The zero-order valence-electron chi connectivity index (χ0n) is 18.1. The maximum Gasteiger partial charge on any atom is 0.416 e. The molecule has 0 spiro atoms. The zero-order valence-corrected chi connectivity index (χ0v) is 18.1. The SMILES string of the molecule is CCCCCCCCCC(CCCc1cccc(C(F)(F)F)c1)OC(OC)OC. The van der Waals surface area contributed by atoms with Crippen LogP contribution in [0.4, 0.5) is 13.2 Å². The van der Waals surface area contributed by atoms with Crippen molar-refractivity contribution < 1.29 is 27.4 Å². The van der Waals surface area contributed by atoms with Gasteiger partial charge in [-0.25, -0.2) is 0 Å². The molecule has 6 heteroatoms. The van der Waals surface area contributed by atoms with E-state index in [-0.39, 0.29) is 6.10 Å². The molecule has 0 saturated carbocycles. The standard InChI is InChI=1S/C23H37F3O3/c1-4-5-6-7-8-9-10-16-21(29-22(27-2)28-3)17-12-14-19-13-11-15-20(18-19)23(24,25)26/h11,13,15,18,21-22H,4-10,12,14,16-17H2,1-3H3. The van der Waals surface area contributed by atoms with Crippen LogP contribution in [0.3, 0.4) is 0 Å². The van der Waals surface area contributed by atoms with Crippen molar-refractivity contribution in [3.8, 4) is 0 Å². The number of ether oxygens (including phenoxy) is 3. The molecule has 0 aliphatic carbocycles. The molecule has 0 bridgehead atoms. The molecule has 0 aliphatic rings. The van der Waals surface area contributed by atoms with Crippen LogP contribution in [0.2, 0.25) is 0 Å². The summed E-state index contributed by atoms with van der Waals surface area (Å²) in [6, 6.07) is 5.56. The number of aryl methyl sites for hydroxylation is 1. The van der Waals surface area contributed by atoms with Crippen LogP contribution >= 0.6 is 0 Å². The van der Waals surface area contributed by atoms with Crippen molar-refractivity contribution in [1.82, 2.24) is 0 Å². The molecule has 1 atom stereocenters. The van der Waals surface area contributed by atoms with Gasteiger partial charge in [-0.15, -0.1) is 0 Å². The van der Waals surface area contributed by atoms with Gasteiger partial charge >= 0.3 is 6.18 Å². The van der Waals surface area contributed by atoms with Crippen molar-refractivity contribution in [3.05, 3.63) is 35.4 Å². The lowest BCUT2D eigenvalue weighted by atomic mass is 10.0. The summed E-state index contributed by atoms with van der Waals surface area (Å²) < 4.78 is 54.8. The van der Waals surface area contributed by atoms with E-state index in [4.69, 9.17) is 14.2 Å². The first-order chi connectivity index (χ1) is 13.9. The molecule has 1 aromatic carbocycles. The molecule has 0 aromatic heterocycles. The number of hydrogen-bond acceptors (Lipinski definition) is 3. The van der Waals surface area contributed by atoms with Crippen molar-refractivity contribution in [2.24, 2.45) is 0 Å². The summed E-state index contributed by atoms with van der Waals surface area (Å²) in [6.45, 7) is 1.50. The normalized spacial score (nSPS) is 13.2. The number of methoxy groups -OCH3 is 2. The minimum Gasteiger partial charge on any atom is -0.333 e. The molecule has 3 nitrogen and oxygen atoms in total. The van der Waals surface area contributed by atoms with Crippen LogP contribution in [0.25, 0.3) is 0 Å². The second-order valence-corrected chi connectivity index (χ2v) is 7.52. The Kier molecular flexibility index (Phi) is 13.2. The van der Waals surface area contributed by atoms with Gasteiger partial charge in [-0.1, -0.05) is 70.1 Å². The number of unbranched alkanes of at least 4 members (excludes halogenated alkanes) is 6. The Morgan fingerprint density at radius 1 is 0.862 bits per heavy atom. The van der Waals surface area contributed by atoms with E-state index >= 15 is 0 Å². The molecule has 1 rings (SSSR count). The molecular formula is C23H37F3O3. The predicted octanol–water partition coefficient (Wildman–Crippen LogP) is 7.13. The minimum atomic E-state index is -4.30. The first kappa shape index (κ1) is 25.9. The molecule has 0 N–H and O–H groups in total. The highest BCUT2D eigenvalue weighted by Crippen LogP contribution is 2.30. The zero-order chi connectivity index (χ0) is 21.5. The number of alkyl halides is 3. The van der Waals surface area contributed by atoms with E-state index in [9.17, 15) is 13.2 Å². The Bertz CT molecular complexity index is 530. The second kappa shape index (κ2) is 14.8. The van der Waals surface area contributed by atoms with Crippen LogP contribution < -0.4 is 0 Å². The first-order valence-electron chi connectivity index (χ1n) is 10.8. The Balaban J connectivity index is 2.46. The molecule has 1 unspecified atom stereocenters. The molecule has 0 amide bonds. The summed E-state index contributed by atoms with van der Waals surface area (Å²) in [5.74, 6) is 0. The third-order valence-electron chi connectivity index (χ3n) is 5.06. The highest BCUT2D eigenvalue weighted by molar-refractivity contribution is 5.25. The Morgan fingerprint density at radius 2 is 1.48 bits per heavy atom. The van der Waals surface area contributed by atoms with Crippen LogP contribution in [0.1, 0.15) is 82.3 Å². The molecular weight excluding hydrogens is 381 g/mol. The summed E-state index contributed by atoms with van der Waals surface area (Å²) >= 11 is 0. The number of halogens is 3. The molecule has 0 radical (unpaired) electrons. The van der Waals surface area contributed by atoms with Gasteiger partial charge in [0.2, 0.25) is 0 Å². The minimum absolute atomic E-state index is 0.0265. The lowest BCUT2D eigenvalue weighted by Crippen LogP contribution is -2.25. The van der Waals surface area contributed by atoms with Crippen LogP contribution in [0, 0.1) is 0 Å². The lowest BCUT2D eigenvalue weighted by Gasteiger charge is -2.23. The third-order valence-corrected chi connectivity index (χ3v) is 5.06. The summed E-state index contributed by atoms with van der Waals surface area (Å²) in [7, 11) is 3.06. The van der Waals surface area contributed by atoms with Crippen LogP contribution in [-0.2, 0) is 26.8 Å². The maximum absolute atomic E-state index is 12.9. The van der Waals surface area contributed by atoms with Gasteiger partial charge in [0.05, 0.1) is 11.7 Å². The molecule has 0 saturated heterocycles. The van der Waals surface area contributed by atoms with E-state index in [0.717, 1.165) is 31.7 Å². The van der Waals surface area contributed by atoms with Crippen LogP contribution in [-0.4, -0.2) is 26.8 Å². The molecule has 168 valence electrons. The van der Waals surface area contributed by atoms with E-state index < -0.39 is 18.2 Å². The first-order valence-corrected chi connectivity index (χ1v) is 10.8. The largest absolute Gasteiger partial charge is 0.416 e. The van der Waals surface area contributed by atoms with Crippen LogP contribution in [0.5, 0.6) is 0 Å². The average Bonchev–Trinajstić information content (AvgIpc) is 2.70. The number of benzene rings is 1. The lowest BCUT2D eigenvalue weighted by molar-refractivity contribution is -0.285. The van der Waals surface area contributed by atoms with Crippen LogP contribution in [0.15, 0.2) is 24.3 Å². The van der Waals surface area contributed by atoms with Gasteiger partial charge in [0.25, 0.3) is 6.48 Å². The van der Waals surface area contributed by atoms with E-state index in [2.05, 4.69) is 6.92 Å². The quantitative estimate of drug-likeness (QED) is 0.211. The fourth-order valence-corrected chi connectivity index (χ4v) is 3.41. The Morgan fingerprint density at radius 3 is 2.10 bits per heavy atom. The van der Waals surface area contributed by atoms with E-state index in [1.54, 1.807) is 6.07 Å². The molecule has 0 fully saturated rings. The number of rotatable bonds is 16. The fourth-order valence-electron chi connectivity index (χ4n) is 3.41. The maximum atomic E-state index is 12.9. The molecule has 0 heterocycles. The Labute approximate surface area is 173 Å². The summed E-state index contributed by atoms with van der Waals surface area (Å²) in [5, 5.41) is 0. The van der Waals surface area contributed by atoms with Gasteiger partial charge in [-0.3, -0.25) is 0 Å². The average molecular weight is 419 g/mol. The van der Waals surface area contributed by atoms with E-state index in [0.29, 0.717) is 12.0 Å². The molecule has 29 heavy (non-hydrogen) atoms. The smallest absolute Gasteiger partial charge is 0.333 e. The number of hydrogen-bond donors (Lipinski definition) is 0. The highest BCUT2D eigenvalue weighted by atomic mass is 19.4. The Hall–Kier alpha value is -1.11. The summed E-state index contributed by atoms with van der Waals surface area (Å²) in [4.78, 5) is 0. The van der Waals surface area contributed by atoms with Crippen molar-refractivity contribution in [2.75, 3.05) is 14.2 Å². The van der Waals surface area contributed by atoms with Crippen molar-refractivity contribution in [3.63, 3.8) is 0 Å². The molecule has 1 aromatic rings. The van der Waals surface area contributed by atoms with Gasteiger partial charge in [0.15, 0.2) is 0 Å². The molecule has 0 aliphatic heterocycles. The fraction of sp³-hybridized carbons (Fsp3) is 0.739. The van der Waals surface area contributed by atoms with Gasteiger partial charge in [0, 0.05) is 14.2 Å². The van der Waals surface area contributed by atoms with Gasteiger partial charge in [-0.05, 0) is 37.3 Å². The topological polar surface area (TPSA) is 27.7 Å². The van der Waals surface area contributed by atoms with Crippen molar-refractivity contribution in [2.45, 2.75) is 96.3 Å². The third kappa shape index (κ3) is 11.6. The van der Waals surface area contributed by atoms with Gasteiger partial charge < -0.3 is 14.2 Å². The predicted molar refractivity (Wildman–Crippen MR) is 110 cm³/mol. The van der Waals surface area contributed by atoms with Gasteiger partial charge in [0.1, 0.15) is 0 Å².